The molecule has 0 aromatic carbocycles. The molecular formula is C19H24N2O5. The predicted molar refractivity (Wildman–Crippen MR) is 93.6 cm³/mol. The van der Waals surface area contributed by atoms with E-state index in [1.54, 1.807) is 18.0 Å². The van der Waals surface area contributed by atoms with E-state index in [0.29, 0.717) is 12.8 Å². The van der Waals surface area contributed by atoms with Gasteiger partial charge in [-0.15, -0.1) is 0 Å². The first kappa shape index (κ1) is 18.4. The maximum absolute atomic E-state index is 12.3. The number of nitrogens with zero attached hydrogens (tertiary/aromatic N) is 2. The van der Waals surface area contributed by atoms with Crippen LogP contribution in [0.3, 0.4) is 0 Å². The molecule has 0 aromatic rings. The Bertz CT molecular complexity index is 781. The van der Waals surface area contributed by atoms with Crippen LogP contribution in [-0.4, -0.2) is 59.6 Å². The molecule has 0 fully saturated rings. The molecule has 140 valence electrons. The summed E-state index contributed by atoms with van der Waals surface area (Å²) in [6.07, 6.45) is 2.08. The molecule has 3 rings (SSSR count). The Balaban J connectivity index is 1.99. The zero-order valence-corrected chi connectivity index (χ0v) is 15.6. The largest absolute Gasteiger partial charge is 0.442 e. The molecule has 7 heteroatoms. The zero-order valence-electron chi connectivity index (χ0n) is 15.6. The Morgan fingerprint density at radius 2 is 2.15 bits per heavy atom. The normalized spacial score (nSPS) is 33.2. The number of aliphatic hydroxyl groups is 1. The number of imide groups is 1. The van der Waals surface area contributed by atoms with Crippen LogP contribution in [0.2, 0.25) is 0 Å². The van der Waals surface area contributed by atoms with E-state index in [1.807, 2.05) is 19.9 Å². The fourth-order valence-electron chi connectivity index (χ4n) is 4.09. The second-order valence-electron chi connectivity index (χ2n) is 7.56. The lowest BCUT2D eigenvalue weighted by atomic mass is 9.59. The van der Waals surface area contributed by atoms with Crippen molar-refractivity contribution in [3.05, 3.63) is 34.6 Å². The van der Waals surface area contributed by atoms with E-state index in [9.17, 15) is 19.5 Å². The van der Waals surface area contributed by atoms with Gasteiger partial charge < -0.3 is 14.7 Å². The summed E-state index contributed by atoms with van der Waals surface area (Å²) in [7, 11) is 3.05. The molecule has 2 aliphatic carbocycles. The number of amides is 3. The quantitative estimate of drug-likeness (QED) is 0.756. The van der Waals surface area contributed by atoms with Crippen LogP contribution in [0, 0.1) is 11.3 Å². The molecule has 0 radical (unpaired) electrons. The van der Waals surface area contributed by atoms with Gasteiger partial charge in [0.05, 0.1) is 0 Å². The average molecular weight is 360 g/mol. The minimum Gasteiger partial charge on any atom is -0.442 e. The number of allylic oxidation sites excluding steroid dienone is 3. The molecule has 3 aliphatic rings. The maximum Gasteiger partial charge on any atom is 0.416 e. The van der Waals surface area contributed by atoms with E-state index in [2.05, 4.69) is 6.92 Å². The Morgan fingerprint density at radius 1 is 1.50 bits per heavy atom. The monoisotopic (exact) mass is 360 g/mol. The van der Waals surface area contributed by atoms with E-state index >= 15 is 0 Å². The average Bonchev–Trinajstić information content (AvgIpc) is 2.81. The van der Waals surface area contributed by atoms with Crippen LogP contribution in [0.5, 0.6) is 0 Å². The number of rotatable bonds is 2. The fourth-order valence-corrected chi connectivity index (χ4v) is 4.09. The van der Waals surface area contributed by atoms with Gasteiger partial charge in [-0.05, 0) is 36.6 Å². The molecule has 1 N–H and O–H groups in total. The van der Waals surface area contributed by atoms with Gasteiger partial charge in [0, 0.05) is 36.7 Å². The topological polar surface area (TPSA) is 87.2 Å². The number of hydrogen-bond donors (Lipinski definition) is 1. The van der Waals surface area contributed by atoms with Gasteiger partial charge in [-0.1, -0.05) is 13.8 Å². The fraction of sp³-hybridized carbons (Fsp3) is 0.526. The molecule has 1 aliphatic heterocycles. The van der Waals surface area contributed by atoms with E-state index in [1.165, 1.54) is 7.05 Å². The molecule has 3 amide bonds. The number of hydrogen-bond acceptors (Lipinski definition) is 5. The Morgan fingerprint density at radius 3 is 2.77 bits per heavy atom. The first-order chi connectivity index (χ1) is 12.1. The van der Waals surface area contributed by atoms with Crippen molar-refractivity contribution in [2.24, 2.45) is 11.3 Å². The predicted octanol–water partition coefficient (Wildman–Crippen LogP) is 1.60. The number of carbonyl (C=O) groups is 3. The SMILES string of the molecule is CC1=C2CC3(C)C(=CC(O)C(OC(=O)N(C)C=O)C3C)C=C2N(C)C1=O. The van der Waals surface area contributed by atoms with Gasteiger partial charge in [0.2, 0.25) is 6.41 Å². The molecule has 0 aromatic heterocycles. The number of carbonyl (C=O) groups excluding carboxylic acids is 3. The van der Waals surface area contributed by atoms with Gasteiger partial charge in [-0.25, -0.2) is 4.79 Å². The molecule has 7 nitrogen and oxygen atoms in total. The molecule has 0 saturated heterocycles. The summed E-state index contributed by atoms with van der Waals surface area (Å²) in [5.41, 5.74) is 3.13. The van der Waals surface area contributed by atoms with Crippen molar-refractivity contribution < 1.29 is 24.2 Å². The van der Waals surface area contributed by atoms with Crippen molar-refractivity contribution in [3.63, 3.8) is 0 Å². The highest BCUT2D eigenvalue weighted by molar-refractivity contribution is 6.00. The Labute approximate surface area is 152 Å². The van der Waals surface area contributed by atoms with Crippen molar-refractivity contribution >= 4 is 18.4 Å². The number of ether oxygens (including phenoxy) is 1. The standard InChI is InChI=1S/C19H24N2O5/c1-10-13-8-19(3)11(2)16(26-18(25)20(4)9-22)15(23)7-12(19)6-14(13)21(5)17(10)24/h6-7,9,11,15-16,23H,8H2,1-5H3. The summed E-state index contributed by atoms with van der Waals surface area (Å²) < 4.78 is 5.41. The Hall–Kier alpha value is -2.41. The number of likely N-dealkylation sites (N-methyl/N-ethyl adjacent to an activating group) is 1. The minimum atomic E-state index is -0.983. The van der Waals surface area contributed by atoms with Crippen LogP contribution in [-0.2, 0) is 14.3 Å². The molecule has 0 saturated carbocycles. The molecule has 0 bridgehead atoms. The third-order valence-corrected chi connectivity index (χ3v) is 6.11. The summed E-state index contributed by atoms with van der Waals surface area (Å²) in [6, 6.07) is 0. The maximum atomic E-state index is 12.3. The van der Waals surface area contributed by atoms with E-state index in [-0.39, 0.29) is 11.8 Å². The van der Waals surface area contributed by atoms with Crippen molar-refractivity contribution in [2.45, 2.75) is 39.4 Å². The lowest BCUT2D eigenvalue weighted by Gasteiger charge is -2.48. The smallest absolute Gasteiger partial charge is 0.416 e. The van der Waals surface area contributed by atoms with Gasteiger partial charge in [-0.2, -0.15) is 0 Å². The highest BCUT2D eigenvalue weighted by Crippen LogP contribution is 2.54. The lowest BCUT2D eigenvalue weighted by molar-refractivity contribution is -0.123. The zero-order chi connectivity index (χ0) is 19.4. The van der Waals surface area contributed by atoms with Crippen LogP contribution < -0.4 is 0 Å². The minimum absolute atomic E-state index is 0.0158. The van der Waals surface area contributed by atoms with Gasteiger partial charge in [0.1, 0.15) is 12.2 Å². The highest BCUT2D eigenvalue weighted by atomic mass is 16.6. The third-order valence-electron chi connectivity index (χ3n) is 6.11. The molecule has 4 unspecified atom stereocenters. The summed E-state index contributed by atoms with van der Waals surface area (Å²) >= 11 is 0. The van der Waals surface area contributed by atoms with Gasteiger partial charge in [-0.3, -0.25) is 14.5 Å². The highest BCUT2D eigenvalue weighted by Gasteiger charge is 2.50. The lowest BCUT2D eigenvalue weighted by Crippen LogP contribution is -2.50. The van der Waals surface area contributed by atoms with Crippen molar-refractivity contribution in [1.82, 2.24) is 9.80 Å². The Kier molecular flexibility index (Phi) is 4.30. The summed E-state index contributed by atoms with van der Waals surface area (Å²) in [4.78, 5) is 37.5. The first-order valence-electron chi connectivity index (χ1n) is 8.60. The molecule has 4 atom stereocenters. The van der Waals surface area contributed by atoms with Crippen molar-refractivity contribution in [1.29, 1.82) is 0 Å². The summed E-state index contributed by atoms with van der Waals surface area (Å²) in [6.45, 7) is 5.80. The van der Waals surface area contributed by atoms with Gasteiger partial charge in [0.25, 0.3) is 5.91 Å². The van der Waals surface area contributed by atoms with Crippen LogP contribution in [0.25, 0.3) is 0 Å². The number of aliphatic hydroxyl groups excluding tert-OH is 1. The van der Waals surface area contributed by atoms with E-state index in [4.69, 9.17) is 4.74 Å². The second kappa shape index (κ2) is 6.09. The second-order valence-corrected chi connectivity index (χ2v) is 7.56. The van der Waals surface area contributed by atoms with Crippen LogP contribution >= 0.6 is 0 Å². The molecular weight excluding hydrogens is 336 g/mol. The van der Waals surface area contributed by atoms with Crippen LogP contribution in [0.4, 0.5) is 4.79 Å². The van der Waals surface area contributed by atoms with Gasteiger partial charge in [0.15, 0.2) is 0 Å². The van der Waals surface area contributed by atoms with Crippen LogP contribution in [0.15, 0.2) is 34.6 Å². The molecule has 26 heavy (non-hydrogen) atoms. The summed E-state index contributed by atoms with van der Waals surface area (Å²) in [5, 5.41) is 10.5. The van der Waals surface area contributed by atoms with Crippen molar-refractivity contribution in [3.8, 4) is 0 Å². The van der Waals surface area contributed by atoms with Crippen molar-refractivity contribution in [2.75, 3.05) is 14.1 Å². The number of fused-ring (bicyclic) bond motifs is 2. The van der Waals surface area contributed by atoms with E-state index in [0.717, 1.165) is 27.3 Å². The van der Waals surface area contributed by atoms with Gasteiger partial charge >= 0.3 is 6.09 Å². The summed E-state index contributed by atoms with van der Waals surface area (Å²) in [5.74, 6) is -0.224. The third kappa shape index (κ3) is 2.49. The van der Waals surface area contributed by atoms with Crippen LogP contribution in [0.1, 0.15) is 27.2 Å². The molecule has 1 heterocycles. The van der Waals surface area contributed by atoms with E-state index < -0.39 is 23.7 Å². The first-order valence-corrected chi connectivity index (χ1v) is 8.60. The molecule has 0 spiro atoms.